The van der Waals surface area contributed by atoms with Gasteiger partial charge in [0.1, 0.15) is 0 Å². The predicted molar refractivity (Wildman–Crippen MR) is 152 cm³/mol. The quantitative estimate of drug-likeness (QED) is 0.219. The van der Waals surface area contributed by atoms with Gasteiger partial charge in [0.25, 0.3) is 0 Å². The van der Waals surface area contributed by atoms with Gasteiger partial charge in [-0.25, -0.2) is 0 Å². The van der Waals surface area contributed by atoms with Gasteiger partial charge in [-0.05, 0) is 58.3 Å². The highest BCUT2D eigenvalue weighted by atomic mass is 14.1. The summed E-state index contributed by atoms with van der Waals surface area (Å²) in [5.74, 6) is 13.6. The van der Waals surface area contributed by atoms with Crippen molar-refractivity contribution in [3.05, 3.63) is 156 Å². The minimum absolute atomic E-state index is 1.01. The zero-order valence-electron chi connectivity index (χ0n) is 19.7. The van der Waals surface area contributed by atoms with Crippen LogP contribution < -0.4 is 0 Å². The molecule has 0 aromatic heterocycles. The van der Waals surface area contributed by atoms with Crippen molar-refractivity contribution in [1.82, 2.24) is 0 Å². The summed E-state index contributed by atoms with van der Waals surface area (Å²) in [5.41, 5.74) is 6.41. The molecule has 0 saturated heterocycles. The van der Waals surface area contributed by atoms with Crippen LogP contribution in [0.2, 0.25) is 0 Å². The molecule has 166 valence electrons. The molecule has 0 heteroatoms. The first-order valence-corrected chi connectivity index (χ1v) is 12.0. The van der Waals surface area contributed by atoms with Gasteiger partial charge in [0.2, 0.25) is 0 Å². The minimum atomic E-state index is 1.01. The fourth-order valence-corrected chi connectivity index (χ4v) is 4.66. The first kappa shape index (κ1) is 21.5. The largest absolute Gasteiger partial charge is 0.0622 e. The summed E-state index contributed by atoms with van der Waals surface area (Å²) in [6, 6.07) is 46.0. The summed E-state index contributed by atoms with van der Waals surface area (Å²) in [6.07, 6.45) is 0. The van der Waals surface area contributed by atoms with Gasteiger partial charge in [-0.15, -0.1) is 0 Å². The molecular weight excluding hydrogens is 432 g/mol. The third kappa shape index (κ3) is 4.25. The summed E-state index contributed by atoms with van der Waals surface area (Å²) >= 11 is 0. The molecule has 0 N–H and O–H groups in total. The van der Waals surface area contributed by atoms with Crippen LogP contribution in [0.4, 0.5) is 0 Å². The number of benzene rings is 6. The van der Waals surface area contributed by atoms with Crippen LogP contribution >= 0.6 is 0 Å². The van der Waals surface area contributed by atoms with E-state index in [1.165, 1.54) is 32.7 Å². The van der Waals surface area contributed by atoms with Gasteiger partial charge in [-0.1, -0.05) is 121 Å². The first-order chi connectivity index (χ1) is 17.9. The lowest BCUT2D eigenvalue weighted by atomic mass is 9.90. The minimum Gasteiger partial charge on any atom is -0.0622 e. The molecule has 0 atom stereocenters. The Labute approximate surface area is 211 Å². The molecule has 0 spiro atoms. The highest BCUT2D eigenvalue weighted by Crippen LogP contribution is 2.36. The van der Waals surface area contributed by atoms with Crippen molar-refractivity contribution in [2.24, 2.45) is 0 Å². The molecule has 0 heterocycles. The highest BCUT2D eigenvalue weighted by molar-refractivity contribution is 6.09. The second-order valence-corrected chi connectivity index (χ2v) is 8.65. The van der Waals surface area contributed by atoms with Gasteiger partial charge in [-0.3, -0.25) is 0 Å². The van der Waals surface area contributed by atoms with Crippen LogP contribution in [0, 0.1) is 23.7 Å². The topological polar surface area (TPSA) is 0 Å². The van der Waals surface area contributed by atoms with Crippen LogP contribution in [0.3, 0.4) is 0 Å². The van der Waals surface area contributed by atoms with Gasteiger partial charge in [0.05, 0.1) is 0 Å². The Morgan fingerprint density at radius 1 is 0.306 bits per heavy atom. The summed E-state index contributed by atoms with van der Waals surface area (Å²) in [4.78, 5) is 0. The summed E-state index contributed by atoms with van der Waals surface area (Å²) in [5, 5.41) is 4.69. The molecule has 0 radical (unpaired) electrons. The summed E-state index contributed by atoms with van der Waals surface area (Å²) in [7, 11) is 0. The third-order valence-electron chi connectivity index (χ3n) is 6.33. The summed E-state index contributed by atoms with van der Waals surface area (Å²) < 4.78 is 0. The lowest BCUT2D eigenvalue weighted by Gasteiger charge is -2.13. The highest BCUT2D eigenvalue weighted by Gasteiger charge is 2.12. The van der Waals surface area contributed by atoms with Crippen molar-refractivity contribution in [2.75, 3.05) is 0 Å². The van der Waals surface area contributed by atoms with Crippen LogP contribution in [0.5, 0.6) is 0 Å². The molecular formula is C36H22. The van der Waals surface area contributed by atoms with Crippen molar-refractivity contribution in [3.8, 4) is 34.8 Å². The van der Waals surface area contributed by atoms with Gasteiger partial charge in [0.15, 0.2) is 0 Å². The molecule has 6 aromatic rings. The molecule has 0 amide bonds. The van der Waals surface area contributed by atoms with Crippen LogP contribution in [-0.2, 0) is 0 Å². The summed E-state index contributed by atoms with van der Waals surface area (Å²) in [6.45, 7) is 0. The predicted octanol–water partition coefficient (Wildman–Crippen LogP) is 8.46. The fraction of sp³-hybridized carbons (Fsp3) is 0. The number of hydrogen-bond donors (Lipinski definition) is 0. The van der Waals surface area contributed by atoms with E-state index < -0.39 is 0 Å². The Morgan fingerprint density at radius 2 is 0.694 bits per heavy atom. The molecule has 36 heavy (non-hydrogen) atoms. The van der Waals surface area contributed by atoms with Crippen LogP contribution in [-0.4, -0.2) is 0 Å². The van der Waals surface area contributed by atoms with Gasteiger partial charge < -0.3 is 0 Å². The maximum Gasteiger partial charge on any atom is 0.0333 e. The molecule has 0 fully saturated rings. The Balaban J connectivity index is 1.58. The van der Waals surface area contributed by atoms with Crippen molar-refractivity contribution < 1.29 is 0 Å². The Bertz CT molecular complexity index is 1670. The molecule has 0 bridgehead atoms. The van der Waals surface area contributed by atoms with Gasteiger partial charge in [0, 0.05) is 33.0 Å². The lowest BCUT2D eigenvalue weighted by molar-refractivity contribution is 1.63. The number of hydrogen-bond acceptors (Lipinski definition) is 0. The molecule has 0 aliphatic rings. The SMILES string of the molecule is C(#Cc1cccc2cccc(-c3cccc4cccc(C#Cc5ccccc5)c34)c12)c1ccccc1. The second kappa shape index (κ2) is 9.68. The van der Waals surface area contributed by atoms with E-state index in [9.17, 15) is 0 Å². The monoisotopic (exact) mass is 454 g/mol. The zero-order valence-corrected chi connectivity index (χ0v) is 19.7. The maximum atomic E-state index is 3.45. The average Bonchev–Trinajstić information content (AvgIpc) is 2.95. The molecule has 6 rings (SSSR count). The molecule has 0 unspecified atom stereocenters. The van der Waals surface area contributed by atoms with Crippen molar-refractivity contribution in [1.29, 1.82) is 0 Å². The van der Waals surface area contributed by atoms with Crippen molar-refractivity contribution in [2.45, 2.75) is 0 Å². The van der Waals surface area contributed by atoms with E-state index in [1.807, 2.05) is 60.7 Å². The van der Waals surface area contributed by atoms with Gasteiger partial charge in [-0.2, -0.15) is 0 Å². The number of fused-ring (bicyclic) bond motifs is 2. The normalized spacial score (nSPS) is 10.3. The van der Waals surface area contributed by atoms with Crippen LogP contribution in [0.1, 0.15) is 22.3 Å². The fourth-order valence-electron chi connectivity index (χ4n) is 4.66. The standard InChI is InChI=1S/C36H22/c1-3-11-27(12-4-1)23-25-31-17-7-15-29-19-9-21-33(35(29)31)34-22-10-20-30-16-8-18-32(36(30)34)26-24-28-13-5-2-6-14-28/h1-22H. The Kier molecular flexibility index (Phi) is 5.78. The smallest absolute Gasteiger partial charge is 0.0333 e. The van der Waals surface area contributed by atoms with E-state index in [2.05, 4.69) is 96.5 Å². The van der Waals surface area contributed by atoms with Gasteiger partial charge >= 0.3 is 0 Å². The zero-order chi connectivity index (χ0) is 24.2. The van der Waals surface area contributed by atoms with Crippen LogP contribution in [0.15, 0.2) is 133 Å². The maximum absolute atomic E-state index is 3.45. The van der Waals surface area contributed by atoms with E-state index in [0.717, 1.165) is 22.3 Å². The van der Waals surface area contributed by atoms with Crippen LogP contribution in [0.25, 0.3) is 32.7 Å². The number of rotatable bonds is 1. The van der Waals surface area contributed by atoms with E-state index in [-0.39, 0.29) is 0 Å². The average molecular weight is 455 g/mol. The Morgan fingerprint density at radius 3 is 1.11 bits per heavy atom. The molecule has 0 nitrogen and oxygen atoms in total. The third-order valence-corrected chi connectivity index (χ3v) is 6.33. The molecule has 0 saturated carbocycles. The van der Waals surface area contributed by atoms with Crippen molar-refractivity contribution in [3.63, 3.8) is 0 Å². The molecule has 0 aliphatic heterocycles. The lowest BCUT2D eigenvalue weighted by Crippen LogP contribution is -1.90. The van der Waals surface area contributed by atoms with E-state index in [4.69, 9.17) is 0 Å². The second-order valence-electron chi connectivity index (χ2n) is 8.65. The van der Waals surface area contributed by atoms with E-state index in [1.54, 1.807) is 0 Å². The Hall–Kier alpha value is -5.04. The van der Waals surface area contributed by atoms with Crippen molar-refractivity contribution >= 4 is 21.5 Å². The molecule has 0 aliphatic carbocycles. The van der Waals surface area contributed by atoms with E-state index >= 15 is 0 Å². The first-order valence-electron chi connectivity index (χ1n) is 12.0. The molecule has 6 aromatic carbocycles. The van der Waals surface area contributed by atoms with E-state index in [0.29, 0.717) is 0 Å².